The van der Waals surface area contributed by atoms with Crippen molar-refractivity contribution in [1.82, 2.24) is 0 Å². The Kier molecular flexibility index (Phi) is 5.27. The highest BCUT2D eigenvalue weighted by Gasteiger charge is 2.24. The summed E-state index contributed by atoms with van der Waals surface area (Å²) in [5.41, 5.74) is 1.17. The van der Waals surface area contributed by atoms with Gasteiger partial charge in [-0.2, -0.15) is 0 Å². The zero-order chi connectivity index (χ0) is 15.6. The largest absolute Gasteiger partial charge is 0.489 e. The standard InChI is InChI=1S/C15H21ClO3S/c1-6-7-8-19-13-9-11(2)14(20(16,17)18)10-12(13)15(3,4)5/h6-7,9-10H,8H2,1-5H3/b7-6+. The predicted octanol–water partition coefficient (Wildman–Crippen LogP) is 4.17. The molecule has 1 rings (SSSR count). The van der Waals surface area contributed by atoms with Crippen LogP contribution in [0, 0.1) is 6.92 Å². The van der Waals surface area contributed by atoms with Gasteiger partial charge in [-0.3, -0.25) is 0 Å². The smallest absolute Gasteiger partial charge is 0.261 e. The molecule has 0 aliphatic heterocycles. The Balaban J connectivity index is 3.41. The van der Waals surface area contributed by atoms with Crippen LogP contribution in [0.3, 0.4) is 0 Å². The molecule has 20 heavy (non-hydrogen) atoms. The van der Waals surface area contributed by atoms with Gasteiger partial charge >= 0.3 is 0 Å². The zero-order valence-electron chi connectivity index (χ0n) is 12.5. The summed E-state index contributed by atoms with van der Waals surface area (Å²) in [5, 5.41) is 0. The Labute approximate surface area is 126 Å². The maximum Gasteiger partial charge on any atom is 0.261 e. The number of ether oxygens (including phenoxy) is 1. The lowest BCUT2D eigenvalue weighted by Crippen LogP contribution is -2.15. The molecule has 0 aliphatic carbocycles. The van der Waals surface area contributed by atoms with Crippen LogP contribution in [0.2, 0.25) is 0 Å². The quantitative estimate of drug-likeness (QED) is 0.618. The van der Waals surface area contributed by atoms with Crippen molar-refractivity contribution in [3.63, 3.8) is 0 Å². The highest BCUT2D eigenvalue weighted by molar-refractivity contribution is 8.13. The van der Waals surface area contributed by atoms with Crippen LogP contribution in [0.1, 0.15) is 38.8 Å². The fourth-order valence-corrected chi connectivity index (χ4v) is 3.06. The summed E-state index contributed by atoms with van der Waals surface area (Å²) in [6, 6.07) is 3.35. The Morgan fingerprint density at radius 2 is 1.90 bits per heavy atom. The molecule has 0 N–H and O–H groups in total. The van der Waals surface area contributed by atoms with E-state index >= 15 is 0 Å². The van der Waals surface area contributed by atoms with Gasteiger partial charge in [0.2, 0.25) is 0 Å². The van der Waals surface area contributed by atoms with Gasteiger partial charge in [0, 0.05) is 16.2 Å². The zero-order valence-corrected chi connectivity index (χ0v) is 14.1. The van der Waals surface area contributed by atoms with Crippen molar-refractivity contribution in [1.29, 1.82) is 0 Å². The first-order valence-electron chi connectivity index (χ1n) is 6.41. The van der Waals surface area contributed by atoms with Gasteiger partial charge in [0.25, 0.3) is 9.05 Å². The van der Waals surface area contributed by atoms with Crippen molar-refractivity contribution < 1.29 is 13.2 Å². The van der Waals surface area contributed by atoms with Crippen LogP contribution in [0.25, 0.3) is 0 Å². The van der Waals surface area contributed by atoms with E-state index in [0.717, 1.165) is 5.56 Å². The minimum absolute atomic E-state index is 0.141. The van der Waals surface area contributed by atoms with E-state index in [-0.39, 0.29) is 10.3 Å². The molecule has 3 nitrogen and oxygen atoms in total. The number of halogens is 1. The summed E-state index contributed by atoms with van der Waals surface area (Å²) in [5.74, 6) is 0.692. The first kappa shape index (κ1) is 17.1. The van der Waals surface area contributed by atoms with Gasteiger partial charge in [-0.05, 0) is 37.0 Å². The molecule has 112 valence electrons. The molecule has 0 amide bonds. The van der Waals surface area contributed by atoms with E-state index in [2.05, 4.69) is 0 Å². The monoisotopic (exact) mass is 316 g/mol. The van der Waals surface area contributed by atoms with Gasteiger partial charge in [-0.15, -0.1) is 0 Å². The van der Waals surface area contributed by atoms with E-state index < -0.39 is 9.05 Å². The third kappa shape index (κ3) is 4.25. The summed E-state index contributed by atoms with van der Waals surface area (Å²) >= 11 is 0. The normalized spacial score (nSPS) is 12.9. The van der Waals surface area contributed by atoms with Gasteiger partial charge in [0.1, 0.15) is 12.4 Å². The number of rotatable bonds is 4. The summed E-state index contributed by atoms with van der Waals surface area (Å²) in [4.78, 5) is 0.141. The van der Waals surface area contributed by atoms with E-state index in [1.165, 1.54) is 0 Å². The number of hydrogen-bond donors (Lipinski definition) is 0. The first-order valence-corrected chi connectivity index (χ1v) is 8.72. The molecule has 1 aromatic carbocycles. The molecule has 1 aromatic rings. The van der Waals surface area contributed by atoms with Crippen LogP contribution in [0.4, 0.5) is 0 Å². The van der Waals surface area contributed by atoms with E-state index in [9.17, 15) is 8.42 Å². The van der Waals surface area contributed by atoms with Crippen molar-refractivity contribution >= 4 is 19.7 Å². The van der Waals surface area contributed by atoms with Gasteiger partial charge in [0.15, 0.2) is 0 Å². The molecule has 0 aliphatic rings. The third-order valence-corrected chi connectivity index (χ3v) is 4.38. The molecule has 0 bridgehead atoms. The second-order valence-electron chi connectivity index (χ2n) is 5.68. The predicted molar refractivity (Wildman–Crippen MR) is 83.2 cm³/mol. The van der Waals surface area contributed by atoms with Gasteiger partial charge in [-0.25, -0.2) is 8.42 Å². The molecular weight excluding hydrogens is 296 g/mol. The van der Waals surface area contributed by atoms with E-state index in [0.29, 0.717) is 17.9 Å². The van der Waals surface area contributed by atoms with Gasteiger partial charge in [0.05, 0.1) is 4.90 Å². The molecule has 0 radical (unpaired) electrons. The minimum Gasteiger partial charge on any atom is -0.489 e. The van der Waals surface area contributed by atoms with Crippen LogP contribution in [0.5, 0.6) is 5.75 Å². The third-order valence-electron chi connectivity index (χ3n) is 2.92. The van der Waals surface area contributed by atoms with Crippen LogP contribution in [0.15, 0.2) is 29.2 Å². The fourth-order valence-electron chi connectivity index (χ4n) is 1.86. The summed E-state index contributed by atoms with van der Waals surface area (Å²) in [6.07, 6.45) is 3.80. The lowest BCUT2D eigenvalue weighted by Gasteiger charge is -2.24. The van der Waals surface area contributed by atoms with Crippen molar-refractivity contribution in [3.05, 3.63) is 35.4 Å². The second-order valence-corrected chi connectivity index (χ2v) is 8.22. The highest BCUT2D eigenvalue weighted by Crippen LogP contribution is 2.36. The lowest BCUT2D eigenvalue weighted by molar-refractivity contribution is 0.350. The average Bonchev–Trinajstić information content (AvgIpc) is 2.25. The van der Waals surface area contributed by atoms with E-state index in [1.807, 2.05) is 39.8 Å². The van der Waals surface area contributed by atoms with Crippen molar-refractivity contribution in [3.8, 4) is 5.75 Å². The Morgan fingerprint density at radius 3 is 2.35 bits per heavy atom. The molecule has 0 fully saturated rings. The van der Waals surface area contributed by atoms with Crippen LogP contribution in [-0.4, -0.2) is 15.0 Å². The Hall–Kier alpha value is -1.00. The minimum atomic E-state index is -3.76. The number of allylic oxidation sites excluding steroid dienone is 1. The molecule has 0 atom stereocenters. The SMILES string of the molecule is C/C=C/COc1cc(C)c(S(=O)(=O)Cl)cc1C(C)(C)C. The van der Waals surface area contributed by atoms with Crippen LogP contribution in [-0.2, 0) is 14.5 Å². The molecular formula is C15H21ClO3S. The first-order chi connectivity index (χ1) is 9.07. The van der Waals surface area contributed by atoms with Crippen molar-refractivity contribution in [2.75, 3.05) is 6.61 Å². The number of hydrogen-bond acceptors (Lipinski definition) is 3. The lowest BCUT2D eigenvalue weighted by atomic mass is 9.86. The van der Waals surface area contributed by atoms with Crippen molar-refractivity contribution in [2.24, 2.45) is 0 Å². The molecule has 0 saturated heterocycles. The van der Waals surface area contributed by atoms with Crippen LogP contribution < -0.4 is 4.74 Å². The van der Waals surface area contributed by atoms with E-state index in [4.69, 9.17) is 15.4 Å². The molecule has 0 heterocycles. The van der Waals surface area contributed by atoms with Gasteiger partial charge in [-0.1, -0.05) is 32.9 Å². The van der Waals surface area contributed by atoms with E-state index in [1.54, 1.807) is 19.1 Å². The summed E-state index contributed by atoms with van der Waals surface area (Å²) in [7, 11) is 1.73. The highest BCUT2D eigenvalue weighted by atomic mass is 35.7. The molecule has 0 aromatic heterocycles. The second kappa shape index (κ2) is 6.19. The Bertz CT molecular complexity index is 611. The fraction of sp³-hybridized carbons (Fsp3) is 0.467. The number of benzene rings is 1. The molecule has 5 heteroatoms. The topological polar surface area (TPSA) is 43.4 Å². The molecule has 0 unspecified atom stereocenters. The maximum absolute atomic E-state index is 11.6. The number of aryl methyl sites for hydroxylation is 1. The average molecular weight is 317 g/mol. The summed E-state index contributed by atoms with van der Waals surface area (Å²) in [6.45, 7) is 10.1. The van der Waals surface area contributed by atoms with Crippen LogP contribution >= 0.6 is 10.7 Å². The molecule has 0 spiro atoms. The van der Waals surface area contributed by atoms with Gasteiger partial charge < -0.3 is 4.74 Å². The van der Waals surface area contributed by atoms with Crippen molar-refractivity contribution in [2.45, 2.75) is 44.9 Å². The maximum atomic E-state index is 11.6. The molecule has 0 saturated carbocycles. The summed E-state index contributed by atoms with van der Waals surface area (Å²) < 4.78 is 29.0. The Morgan fingerprint density at radius 1 is 1.30 bits per heavy atom.